The third-order valence-electron chi connectivity index (χ3n) is 2.27. The van der Waals surface area contributed by atoms with Gasteiger partial charge < -0.3 is 5.32 Å². The molecule has 1 rings (SSSR count). The minimum atomic E-state index is -4.36. The van der Waals surface area contributed by atoms with E-state index >= 15 is 0 Å². The average molecular weight is 255 g/mol. The first-order valence-electron chi connectivity index (χ1n) is 5.24. The van der Waals surface area contributed by atoms with Gasteiger partial charge in [0.1, 0.15) is 0 Å². The lowest BCUT2D eigenvalue weighted by Crippen LogP contribution is -2.32. The van der Waals surface area contributed by atoms with Crippen LogP contribution in [-0.4, -0.2) is 11.9 Å². The van der Waals surface area contributed by atoms with Crippen molar-refractivity contribution in [3.05, 3.63) is 35.4 Å². The lowest BCUT2D eigenvalue weighted by atomic mass is 10.1. The SMILES string of the molecule is C#CC(C)NC(=O)Cc1ccc(C(F)(F)F)cc1. The van der Waals surface area contributed by atoms with Crippen LogP contribution in [0.3, 0.4) is 0 Å². The highest BCUT2D eigenvalue weighted by molar-refractivity contribution is 5.79. The number of carbonyl (C=O) groups excluding carboxylic acids is 1. The molecule has 0 aromatic heterocycles. The van der Waals surface area contributed by atoms with E-state index in [-0.39, 0.29) is 12.3 Å². The number of benzene rings is 1. The molecule has 1 amide bonds. The Bertz CT molecular complexity index is 457. The van der Waals surface area contributed by atoms with Crippen molar-refractivity contribution in [3.8, 4) is 12.3 Å². The largest absolute Gasteiger partial charge is 0.416 e. The fraction of sp³-hybridized carbons (Fsp3) is 0.308. The Balaban J connectivity index is 2.65. The van der Waals surface area contributed by atoms with Crippen molar-refractivity contribution >= 4 is 5.91 Å². The van der Waals surface area contributed by atoms with Gasteiger partial charge in [-0.05, 0) is 24.6 Å². The smallest absolute Gasteiger partial charge is 0.342 e. The molecule has 1 aromatic rings. The Morgan fingerprint density at radius 1 is 1.39 bits per heavy atom. The molecule has 96 valence electrons. The van der Waals surface area contributed by atoms with Gasteiger partial charge in [-0.15, -0.1) is 6.42 Å². The van der Waals surface area contributed by atoms with Crippen LogP contribution in [0.1, 0.15) is 18.1 Å². The van der Waals surface area contributed by atoms with Crippen molar-refractivity contribution in [3.63, 3.8) is 0 Å². The normalized spacial score (nSPS) is 12.6. The lowest BCUT2D eigenvalue weighted by Gasteiger charge is -2.09. The zero-order chi connectivity index (χ0) is 13.8. The number of hydrogen-bond donors (Lipinski definition) is 1. The number of terminal acetylenes is 1. The van der Waals surface area contributed by atoms with Crippen LogP contribution >= 0.6 is 0 Å². The van der Waals surface area contributed by atoms with Crippen molar-refractivity contribution in [1.29, 1.82) is 0 Å². The predicted octanol–water partition coefficient (Wildman–Crippen LogP) is 2.39. The summed E-state index contributed by atoms with van der Waals surface area (Å²) in [5.41, 5.74) is -0.228. The Labute approximate surface area is 103 Å². The molecule has 0 radical (unpaired) electrons. The van der Waals surface area contributed by atoms with E-state index < -0.39 is 17.8 Å². The molecule has 0 spiro atoms. The van der Waals surface area contributed by atoms with E-state index in [1.54, 1.807) is 6.92 Å². The van der Waals surface area contributed by atoms with Crippen LogP contribution in [0.25, 0.3) is 0 Å². The van der Waals surface area contributed by atoms with Crippen LogP contribution < -0.4 is 5.32 Å². The van der Waals surface area contributed by atoms with Crippen molar-refractivity contribution in [2.24, 2.45) is 0 Å². The molecule has 1 aromatic carbocycles. The molecule has 0 bridgehead atoms. The average Bonchev–Trinajstić information content (AvgIpc) is 2.28. The minimum absolute atomic E-state index is 0.00412. The monoisotopic (exact) mass is 255 g/mol. The topological polar surface area (TPSA) is 29.1 Å². The molecule has 1 N–H and O–H groups in total. The third-order valence-corrected chi connectivity index (χ3v) is 2.27. The molecule has 0 saturated heterocycles. The van der Waals surface area contributed by atoms with E-state index in [1.807, 2.05) is 0 Å². The first-order chi connectivity index (χ1) is 8.32. The van der Waals surface area contributed by atoms with Crippen molar-refractivity contribution < 1.29 is 18.0 Å². The maximum Gasteiger partial charge on any atom is 0.416 e. The Kier molecular flexibility index (Phi) is 4.38. The zero-order valence-corrected chi connectivity index (χ0v) is 9.71. The van der Waals surface area contributed by atoms with Crippen LogP contribution in [0.4, 0.5) is 13.2 Å². The van der Waals surface area contributed by atoms with Crippen LogP contribution in [0.5, 0.6) is 0 Å². The summed E-state index contributed by atoms with van der Waals surface area (Å²) in [7, 11) is 0. The number of rotatable bonds is 3. The van der Waals surface area contributed by atoms with Gasteiger partial charge in [-0.25, -0.2) is 0 Å². The highest BCUT2D eigenvalue weighted by atomic mass is 19.4. The molecule has 0 aliphatic carbocycles. The highest BCUT2D eigenvalue weighted by Gasteiger charge is 2.29. The van der Waals surface area contributed by atoms with Gasteiger partial charge in [0, 0.05) is 0 Å². The fourth-order valence-corrected chi connectivity index (χ4v) is 1.33. The van der Waals surface area contributed by atoms with E-state index in [4.69, 9.17) is 6.42 Å². The molecule has 0 saturated carbocycles. The van der Waals surface area contributed by atoms with E-state index in [1.165, 1.54) is 12.1 Å². The number of hydrogen-bond acceptors (Lipinski definition) is 1. The number of carbonyl (C=O) groups is 1. The van der Waals surface area contributed by atoms with Gasteiger partial charge in [-0.2, -0.15) is 13.2 Å². The second-order valence-corrected chi connectivity index (χ2v) is 3.83. The highest BCUT2D eigenvalue weighted by Crippen LogP contribution is 2.29. The van der Waals surface area contributed by atoms with Gasteiger partial charge in [0.25, 0.3) is 0 Å². The predicted molar refractivity (Wildman–Crippen MR) is 61.6 cm³/mol. The quantitative estimate of drug-likeness (QED) is 0.825. The van der Waals surface area contributed by atoms with Gasteiger partial charge in [-0.1, -0.05) is 18.1 Å². The molecule has 0 fully saturated rings. The van der Waals surface area contributed by atoms with E-state index in [0.29, 0.717) is 5.56 Å². The Hall–Kier alpha value is -1.96. The van der Waals surface area contributed by atoms with Crippen molar-refractivity contribution in [2.45, 2.75) is 25.6 Å². The van der Waals surface area contributed by atoms with Crippen LogP contribution in [0.2, 0.25) is 0 Å². The van der Waals surface area contributed by atoms with Crippen LogP contribution in [0, 0.1) is 12.3 Å². The number of nitrogens with one attached hydrogen (secondary N) is 1. The molecule has 5 heteroatoms. The van der Waals surface area contributed by atoms with Crippen molar-refractivity contribution in [2.75, 3.05) is 0 Å². The summed E-state index contributed by atoms with van der Waals surface area (Å²) in [6, 6.07) is 4.07. The maximum absolute atomic E-state index is 12.3. The van der Waals surface area contributed by atoms with Gasteiger partial charge >= 0.3 is 6.18 Å². The van der Waals surface area contributed by atoms with Crippen LogP contribution in [0.15, 0.2) is 24.3 Å². The Morgan fingerprint density at radius 3 is 2.39 bits per heavy atom. The first-order valence-corrected chi connectivity index (χ1v) is 5.24. The summed E-state index contributed by atoms with van der Waals surface area (Å²) >= 11 is 0. The van der Waals surface area contributed by atoms with Gasteiger partial charge in [0.05, 0.1) is 18.0 Å². The molecule has 0 aliphatic heterocycles. The molecule has 0 heterocycles. The number of halogens is 3. The summed E-state index contributed by atoms with van der Waals surface area (Å²) < 4.78 is 36.9. The second-order valence-electron chi connectivity index (χ2n) is 3.83. The van der Waals surface area contributed by atoms with Gasteiger partial charge in [0.15, 0.2) is 0 Å². The molecule has 0 aliphatic rings. The first kappa shape index (κ1) is 14.1. The van der Waals surface area contributed by atoms with E-state index in [0.717, 1.165) is 12.1 Å². The summed E-state index contributed by atoms with van der Waals surface area (Å²) in [5, 5.41) is 2.53. The van der Waals surface area contributed by atoms with E-state index in [2.05, 4.69) is 11.2 Å². The Morgan fingerprint density at radius 2 is 1.94 bits per heavy atom. The molecular formula is C13H12F3NO. The second kappa shape index (κ2) is 5.58. The van der Waals surface area contributed by atoms with Gasteiger partial charge in [-0.3, -0.25) is 4.79 Å². The summed E-state index contributed by atoms with van der Waals surface area (Å²) in [6.07, 6.45) is 0.734. The maximum atomic E-state index is 12.3. The zero-order valence-electron chi connectivity index (χ0n) is 9.71. The molecule has 2 nitrogen and oxygen atoms in total. The summed E-state index contributed by atoms with van der Waals surface area (Å²) in [6.45, 7) is 1.64. The summed E-state index contributed by atoms with van der Waals surface area (Å²) in [5.74, 6) is 2.01. The fourth-order valence-electron chi connectivity index (χ4n) is 1.33. The number of amides is 1. The lowest BCUT2D eigenvalue weighted by molar-refractivity contribution is -0.137. The molecule has 1 unspecified atom stereocenters. The molecule has 18 heavy (non-hydrogen) atoms. The van der Waals surface area contributed by atoms with Gasteiger partial charge in [0.2, 0.25) is 5.91 Å². The summed E-state index contributed by atoms with van der Waals surface area (Å²) in [4.78, 5) is 11.4. The molecular weight excluding hydrogens is 243 g/mol. The standard InChI is InChI=1S/C13H12F3NO/c1-3-9(2)17-12(18)8-10-4-6-11(7-5-10)13(14,15)16/h1,4-7,9H,8H2,2H3,(H,17,18). The van der Waals surface area contributed by atoms with Crippen LogP contribution in [-0.2, 0) is 17.4 Å². The van der Waals surface area contributed by atoms with Crippen molar-refractivity contribution in [1.82, 2.24) is 5.32 Å². The molecule has 1 atom stereocenters. The number of alkyl halides is 3. The van der Waals surface area contributed by atoms with E-state index in [9.17, 15) is 18.0 Å². The third kappa shape index (κ3) is 4.13. The minimum Gasteiger partial charge on any atom is -0.342 e.